The minimum Gasteiger partial charge on any atom is -0.506 e. The van der Waals surface area contributed by atoms with Crippen LogP contribution >= 0.6 is 34.7 Å². The van der Waals surface area contributed by atoms with E-state index in [4.69, 9.17) is 27.3 Å². The molecule has 260 valence electrons. The zero-order valence-corrected chi connectivity index (χ0v) is 28.5. The van der Waals surface area contributed by atoms with E-state index in [2.05, 4.69) is 27.4 Å². The zero-order valence-electron chi connectivity index (χ0n) is 26.1. The van der Waals surface area contributed by atoms with Crippen molar-refractivity contribution in [2.75, 3.05) is 44.2 Å². The molecule has 1 aromatic heterocycles. The summed E-state index contributed by atoms with van der Waals surface area (Å²) in [4.78, 5) is 73.1. The number of thioether (sulfide) groups is 1. The lowest BCUT2D eigenvalue weighted by Gasteiger charge is -2.50. The van der Waals surface area contributed by atoms with Crippen LogP contribution in [0.25, 0.3) is 0 Å². The Morgan fingerprint density at radius 3 is 2.59 bits per heavy atom. The monoisotopic (exact) mass is 734 g/mol. The zero-order chi connectivity index (χ0) is 35.6. The maximum Gasteiger partial charge on any atom is 0.374 e. The summed E-state index contributed by atoms with van der Waals surface area (Å²) >= 11 is 8.48. The van der Waals surface area contributed by atoms with Gasteiger partial charge in [-0.15, -0.1) is 23.1 Å². The highest BCUT2D eigenvalue weighted by Gasteiger charge is 2.55. The molecule has 3 aliphatic rings. The molecule has 0 bridgehead atoms. The van der Waals surface area contributed by atoms with Gasteiger partial charge in [-0.2, -0.15) is 0 Å². The number of oxime groups is 1. The Morgan fingerprint density at radius 2 is 1.96 bits per heavy atom. The number of aromatic hydroxyl groups is 1. The molecule has 7 N–H and O–H groups in total. The molecular formula is C30H33ClN7O9S2+. The third kappa shape index (κ3) is 7.36. The number of nitrogens with one attached hydrogen (secondary N) is 2. The predicted molar refractivity (Wildman–Crippen MR) is 180 cm³/mol. The smallest absolute Gasteiger partial charge is 0.374 e. The van der Waals surface area contributed by atoms with Crippen molar-refractivity contribution in [2.45, 2.75) is 31.2 Å². The van der Waals surface area contributed by atoms with Crippen LogP contribution in [0.5, 0.6) is 5.75 Å². The fourth-order valence-electron chi connectivity index (χ4n) is 5.97. The van der Waals surface area contributed by atoms with Gasteiger partial charge in [-0.05, 0) is 25.1 Å². The van der Waals surface area contributed by atoms with Gasteiger partial charge in [-0.25, -0.2) is 14.6 Å². The Kier molecular flexibility index (Phi) is 10.5. The summed E-state index contributed by atoms with van der Waals surface area (Å²) in [5, 5.41) is 39.1. The number of amides is 3. The number of aliphatic carboxylic acids is 2. The van der Waals surface area contributed by atoms with E-state index in [1.54, 1.807) is 19.1 Å². The van der Waals surface area contributed by atoms with Crippen molar-refractivity contribution in [1.29, 1.82) is 0 Å². The minimum atomic E-state index is -1.51. The van der Waals surface area contributed by atoms with E-state index in [1.165, 1.54) is 17.1 Å². The maximum atomic E-state index is 13.4. The Hall–Kier alpha value is -4.65. The van der Waals surface area contributed by atoms with E-state index in [0.717, 1.165) is 42.2 Å². The third-order valence-electron chi connectivity index (χ3n) is 8.48. The van der Waals surface area contributed by atoms with E-state index in [0.29, 0.717) is 28.7 Å². The lowest BCUT2D eigenvalue weighted by atomic mass is 10.0. The lowest BCUT2D eigenvalue weighted by Crippen LogP contribution is -2.71. The number of halogens is 1. The highest BCUT2D eigenvalue weighted by Crippen LogP contribution is 2.41. The van der Waals surface area contributed by atoms with E-state index in [-0.39, 0.29) is 45.2 Å². The van der Waals surface area contributed by atoms with Crippen LogP contribution in [-0.4, -0.2) is 115 Å². The molecule has 5 rings (SSSR count). The first-order valence-corrected chi connectivity index (χ1v) is 17.2. The Labute approximate surface area is 292 Å². The second-order valence-electron chi connectivity index (χ2n) is 11.7. The summed E-state index contributed by atoms with van der Waals surface area (Å²) in [7, 11) is 0. The molecule has 0 saturated carbocycles. The number of fused-ring (bicyclic) bond motifs is 1. The molecule has 0 radical (unpaired) electrons. The first kappa shape index (κ1) is 35.7. The number of carboxylic acids is 2. The number of thiazole rings is 1. The van der Waals surface area contributed by atoms with Gasteiger partial charge in [0.25, 0.3) is 17.7 Å². The lowest BCUT2D eigenvalue weighted by molar-refractivity contribution is -0.911. The number of carbonyl (C=O) groups is 5. The molecule has 49 heavy (non-hydrogen) atoms. The van der Waals surface area contributed by atoms with E-state index < -0.39 is 52.5 Å². The molecule has 0 unspecified atom stereocenters. The van der Waals surface area contributed by atoms with Crippen LogP contribution in [0.4, 0.5) is 5.13 Å². The number of carboxylic acid groups (broad SMARTS) is 2. The van der Waals surface area contributed by atoms with Crippen molar-refractivity contribution in [3.05, 3.63) is 63.0 Å². The van der Waals surface area contributed by atoms with E-state index in [9.17, 15) is 34.2 Å². The highest BCUT2D eigenvalue weighted by molar-refractivity contribution is 8.00. The fourth-order valence-corrected chi connectivity index (χ4v) is 8.15. The summed E-state index contributed by atoms with van der Waals surface area (Å²) in [6.45, 7) is 7.48. The number of benzene rings is 1. The number of anilines is 1. The number of phenolic OH excluding ortho intramolecular Hbond substituents is 1. The summed E-state index contributed by atoms with van der Waals surface area (Å²) in [6.07, 6.45) is 1.82. The largest absolute Gasteiger partial charge is 0.506 e. The summed E-state index contributed by atoms with van der Waals surface area (Å²) in [6, 6.07) is 2.03. The SMILES string of the molecule is C=C(O/N=C(\C(=O)N[C@@H]1C(=O)N2C(C(=O)O)=C(C[N+]3(CCNC(=O)c4ccc(C)c(O)c4Cl)CCCC3)CS[C@H]12)c1csc(N)n1)C(=O)O. The van der Waals surface area contributed by atoms with Crippen LogP contribution in [0.1, 0.15) is 34.5 Å². The summed E-state index contributed by atoms with van der Waals surface area (Å²) in [5.41, 5.74) is 6.32. The van der Waals surface area contributed by atoms with Crippen molar-refractivity contribution < 1.29 is 48.6 Å². The molecule has 3 aliphatic heterocycles. The van der Waals surface area contributed by atoms with Crippen LogP contribution in [0.3, 0.4) is 0 Å². The molecule has 2 fully saturated rings. The van der Waals surface area contributed by atoms with Crippen molar-refractivity contribution in [3.63, 3.8) is 0 Å². The first-order chi connectivity index (χ1) is 23.2. The number of likely N-dealkylation sites (tertiary alicyclic amines) is 1. The Morgan fingerprint density at radius 1 is 1.24 bits per heavy atom. The van der Waals surface area contributed by atoms with Gasteiger partial charge in [0.05, 0.1) is 36.8 Å². The molecule has 19 heteroatoms. The van der Waals surface area contributed by atoms with Crippen LogP contribution < -0.4 is 16.4 Å². The molecule has 3 amide bonds. The number of quaternary nitrogens is 1. The molecular weight excluding hydrogens is 702 g/mol. The summed E-state index contributed by atoms with van der Waals surface area (Å²) in [5.74, 6) is -5.44. The van der Waals surface area contributed by atoms with Crippen LogP contribution in [-0.2, 0) is 24.0 Å². The predicted octanol–water partition coefficient (Wildman–Crippen LogP) is 1.49. The van der Waals surface area contributed by atoms with Gasteiger partial charge in [0.15, 0.2) is 10.8 Å². The molecule has 16 nitrogen and oxygen atoms in total. The number of nitrogens with two attached hydrogens (primary N) is 1. The van der Waals surface area contributed by atoms with Gasteiger partial charge >= 0.3 is 11.9 Å². The van der Waals surface area contributed by atoms with Gasteiger partial charge in [0.1, 0.15) is 35.1 Å². The molecule has 0 aliphatic carbocycles. The maximum absolute atomic E-state index is 13.4. The number of hydrogen-bond acceptors (Lipinski definition) is 12. The van der Waals surface area contributed by atoms with Gasteiger partial charge in [0, 0.05) is 29.5 Å². The van der Waals surface area contributed by atoms with Gasteiger partial charge in [-0.3, -0.25) is 19.3 Å². The summed E-state index contributed by atoms with van der Waals surface area (Å²) < 4.78 is 0.505. The normalized spacial score (nSPS) is 19.9. The van der Waals surface area contributed by atoms with E-state index >= 15 is 0 Å². The van der Waals surface area contributed by atoms with Crippen LogP contribution in [0.2, 0.25) is 5.02 Å². The number of nitrogens with zero attached hydrogens (tertiary/aromatic N) is 4. The minimum absolute atomic E-state index is 0.0255. The van der Waals surface area contributed by atoms with Crippen molar-refractivity contribution in [3.8, 4) is 5.75 Å². The van der Waals surface area contributed by atoms with Gasteiger partial charge < -0.3 is 41.0 Å². The average molecular weight is 735 g/mol. The van der Waals surface area contributed by atoms with Crippen LogP contribution in [0, 0.1) is 6.92 Å². The number of hydrogen-bond donors (Lipinski definition) is 6. The standard InChI is InChI=1S/C30H32ClN7O9S2/c1-14-5-6-17(19(31)23(14)39)24(40)33-7-10-38(8-3-4-9-38)11-16-12-48-27-21(26(42)37(27)22(16)29(45)46)35-25(41)20(18-13-49-30(32)34-18)36-47-15(2)28(43)44/h5-6,13,21,27H,2-4,7-12H2,1H3,(H6-,32,33,34,35,39,40,41,43,44,45,46)/p+1/b36-20-/t21-,27-/m1/s1. The number of carbonyl (C=O) groups excluding carboxylic acids is 3. The topological polar surface area (TPSA) is 234 Å². The number of aryl methyl sites for hydroxylation is 1. The van der Waals surface area contributed by atoms with Crippen molar-refractivity contribution >= 4 is 75.2 Å². The second-order valence-corrected chi connectivity index (χ2v) is 14.0. The van der Waals surface area contributed by atoms with Crippen LogP contribution in [0.15, 0.2) is 46.3 Å². The molecule has 2 aromatic rings. The molecule has 2 saturated heterocycles. The number of nitrogen functional groups attached to an aromatic ring is 1. The van der Waals surface area contributed by atoms with Crippen molar-refractivity contribution in [1.82, 2.24) is 20.5 Å². The molecule has 2 atom stereocenters. The molecule has 0 spiro atoms. The van der Waals surface area contributed by atoms with Gasteiger partial charge in [-0.1, -0.05) is 22.8 Å². The Bertz CT molecular complexity index is 1800. The number of phenols is 1. The number of rotatable bonds is 13. The molecule has 4 heterocycles. The quantitative estimate of drug-likeness (QED) is 0.0429. The van der Waals surface area contributed by atoms with Crippen molar-refractivity contribution in [2.24, 2.45) is 5.16 Å². The van der Waals surface area contributed by atoms with E-state index in [1.807, 2.05) is 0 Å². The molecule has 1 aromatic carbocycles. The third-order valence-corrected chi connectivity index (χ3v) is 10.9. The second kappa shape index (κ2) is 14.5. The number of β-lactam (4-membered cyclic amide) rings is 1. The Balaban J connectivity index is 1.29. The average Bonchev–Trinajstić information content (AvgIpc) is 3.71. The van der Waals surface area contributed by atoms with Gasteiger partial charge in [0.2, 0.25) is 5.76 Å². The number of aromatic nitrogens is 1. The first-order valence-electron chi connectivity index (χ1n) is 14.9. The highest BCUT2D eigenvalue weighted by atomic mass is 35.5. The fraction of sp³-hybridized carbons (Fsp3) is 0.367.